The van der Waals surface area contributed by atoms with Gasteiger partial charge in [-0.1, -0.05) is 264 Å². The molecule has 19 heteroatoms. The van der Waals surface area contributed by atoms with Crippen LogP contribution in [0, 0.1) is 0 Å². The van der Waals surface area contributed by atoms with Gasteiger partial charge in [0.05, 0.1) is 38.6 Å². The molecule has 0 aromatic heterocycles. The maximum atomic E-state index is 13.4. The van der Waals surface area contributed by atoms with Crippen LogP contribution >= 0.6 is 0 Å². The smallest absolute Gasteiger partial charge is 0.220 e. The van der Waals surface area contributed by atoms with Gasteiger partial charge in [-0.2, -0.15) is 0 Å². The summed E-state index contributed by atoms with van der Waals surface area (Å²) in [6, 6.07) is -0.967. The molecule has 0 radical (unpaired) electrons. The number of unbranched alkanes of at least 4 members (excludes halogenated alkanes) is 38. The molecule has 3 rings (SSSR count). The van der Waals surface area contributed by atoms with Crippen molar-refractivity contribution >= 4 is 5.91 Å². The Morgan fingerprint density at radius 3 is 1.09 bits per heavy atom. The maximum Gasteiger partial charge on any atom is 0.220 e. The van der Waals surface area contributed by atoms with Gasteiger partial charge in [0.25, 0.3) is 0 Å². The molecule has 3 saturated heterocycles. The van der Waals surface area contributed by atoms with Gasteiger partial charge in [-0.3, -0.25) is 4.79 Å². The van der Waals surface area contributed by atoms with Crippen LogP contribution in [0.2, 0.25) is 0 Å². The van der Waals surface area contributed by atoms with Gasteiger partial charge in [0.1, 0.15) is 73.2 Å². The summed E-state index contributed by atoms with van der Waals surface area (Å²) in [5.74, 6) is -0.270. The summed E-state index contributed by atoms with van der Waals surface area (Å²) in [5, 5.41) is 120. The molecular formula is C67H127NO18. The minimum absolute atomic E-state index is 0.250. The molecule has 0 bridgehead atoms. The summed E-state index contributed by atoms with van der Waals surface area (Å²) in [6.07, 6.45) is 27.8. The number of rotatable bonds is 54. The number of amides is 1. The van der Waals surface area contributed by atoms with Crippen molar-refractivity contribution in [3.8, 4) is 0 Å². The molecule has 3 fully saturated rings. The third-order valence-electron chi connectivity index (χ3n) is 17.8. The van der Waals surface area contributed by atoms with E-state index in [1.54, 1.807) is 6.08 Å². The van der Waals surface area contributed by atoms with Crippen molar-refractivity contribution in [2.75, 3.05) is 26.4 Å². The highest BCUT2D eigenvalue weighted by Crippen LogP contribution is 2.33. The molecule has 508 valence electrons. The highest BCUT2D eigenvalue weighted by atomic mass is 16.8. The molecule has 17 unspecified atom stereocenters. The Balaban J connectivity index is 1.38. The van der Waals surface area contributed by atoms with Gasteiger partial charge >= 0.3 is 0 Å². The lowest BCUT2D eigenvalue weighted by Gasteiger charge is -2.48. The molecule has 12 N–H and O–H groups in total. The third-order valence-corrected chi connectivity index (χ3v) is 17.8. The van der Waals surface area contributed by atoms with Crippen LogP contribution in [-0.4, -0.2) is 193 Å². The van der Waals surface area contributed by atoms with E-state index >= 15 is 0 Å². The van der Waals surface area contributed by atoms with Crippen molar-refractivity contribution in [2.45, 2.75) is 381 Å². The van der Waals surface area contributed by atoms with E-state index in [0.29, 0.717) is 6.42 Å². The SMILES string of the molecule is CCCCCCCCCCCCC/C=C/C(O)C(COC1OC(CO)C(OC2OC(CO)C(OC3OC(CO)C(O)C(O)C3O)C(O)C2O)C(O)C1O)NC(=O)CCCCCCCCCCCCCCCCCCCCCCCCCCCCCC. The lowest BCUT2D eigenvalue weighted by atomic mass is 9.96. The Hall–Kier alpha value is -1.47. The van der Waals surface area contributed by atoms with Gasteiger partial charge in [0.15, 0.2) is 18.9 Å². The molecule has 3 aliphatic heterocycles. The number of aliphatic hydroxyl groups excluding tert-OH is 11. The fraction of sp³-hybridized carbons (Fsp3) is 0.955. The molecule has 86 heavy (non-hydrogen) atoms. The Morgan fingerprint density at radius 1 is 0.407 bits per heavy atom. The Labute approximate surface area is 518 Å². The molecule has 0 saturated carbocycles. The number of aliphatic hydroxyl groups is 11. The van der Waals surface area contributed by atoms with Gasteiger partial charge in [0.2, 0.25) is 5.91 Å². The quantitative estimate of drug-likeness (QED) is 0.0200. The first-order chi connectivity index (χ1) is 41.8. The number of allylic oxidation sites excluding steroid dienone is 1. The van der Waals surface area contributed by atoms with Crippen molar-refractivity contribution in [2.24, 2.45) is 0 Å². The van der Waals surface area contributed by atoms with E-state index in [4.69, 9.17) is 28.4 Å². The second kappa shape index (κ2) is 50.1. The van der Waals surface area contributed by atoms with Gasteiger partial charge in [-0.05, 0) is 19.3 Å². The van der Waals surface area contributed by atoms with Gasteiger partial charge < -0.3 is 89.9 Å². The summed E-state index contributed by atoms with van der Waals surface area (Å²) in [7, 11) is 0. The van der Waals surface area contributed by atoms with Gasteiger partial charge in [-0.25, -0.2) is 0 Å². The zero-order valence-electron chi connectivity index (χ0n) is 53.6. The fourth-order valence-electron chi connectivity index (χ4n) is 12.1. The Bertz CT molecular complexity index is 1620. The highest BCUT2D eigenvalue weighted by Gasteiger charge is 2.53. The molecular weight excluding hydrogens is 1110 g/mol. The standard InChI is InChI=1S/C67H127NO18/c1-3-5-7-9-11-13-15-17-18-19-20-21-22-23-24-25-26-27-28-29-30-31-33-35-37-39-41-43-45-55(73)68-50(51(72)44-42-40-38-36-34-32-16-14-12-10-8-6-4-2)49-81-65-61(79)58(76)63(53(47-70)83-65)86-67-62(80)59(77)64(54(48-71)84-67)85-66-60(78)57(75)56(74)52(46-69)82-66/h42,44,50-54,56-67,69-72,74-80H,3-41,43,45-49H2,1-2H3,(H,68,73)/b44-42+. The van der Waals surface area contributed by atoms with Crippen molar-refractivity contribution in [3.05, 3.63) is 12.2 Å². The van der Waals surface area contributed by atoms with Crippen molar-refractivity contribution in [3.63, 3.8) is 0 Å². The summed E-state index contributed by atoms with van der Waals surface area (Å²) in [5.41, 5.74) is 0. The van der Waals surface area contributed by atoms with Crippen molar-refractivity contribution < 1.29 is 89.4 Å². The average molecular weight is 1230 g/mol. The van der Waals surface area contributed by atoms with Crippen LogP contribution in [0.3, 0.4) is 0 Å². The molecule has 0 spiro atoms. The predicted octanol–water partition coefficient (Wildman–Crippen LogP) is 8.89. The molecule has 3 aliphatic rings. The number of carbonyl (C=O) groups excluding carboxylic acids is 1. The summed E-state index contributed by atoms with van der Waals surface area (Å²) in [6.45, 7) is 1.75. The largest absolute Gasteiger partial charge is 0.394 e. The topological polar surface area (TPSA) is 307 Å². The van der Waals surface area contributed by atoms with Crippen LogP contribution in [0.4, 0.5) is 0 Å². The fourth-order valence-corrected chi connectivity index (χ4v) is 12.1. The third kappa shape index (κ3) is 32.2. The van der Waals surface area contributed by atoms with E-state index in [2.05, 4.69) is 19.2 Å². The van der Waals surface area contributed by atoms with Crippen LogP contribution in [0.1, 0.15) is 277 Å². The molecule has 3 heterocycles. The van der Waals surface area contributed by atoms with Crippen molar-refractivity contribution in [1.82, 2.24) is 5.32 Å². The number of nitrogens with one attached hydrogen (secondary N) is 1. The average Bonchev–Trinajstić information content (AvgIpc) is 2.33. The zero-order valence-corrected chi connectivity index (χ0v) is 53.6. The minimum Gasteiger partial charge on any atom is -0.394 e. The first kappa shape index (κ1) is 78.8. The number of hydrogen-bond acceptors (Lipinski definition) is 18. The molecule has 17 atom stereocenters. The summed E-state index contributed by atoms with van der Waals surface area (Å²) < 4.78 is 34.3. The maximum absolute atomic E-state index is 13.4. The lowest BCUT2D eigenvalue weighted by Crippen LogP contribution is -2.66. The highest BCUT2D eigenvalue weighted by molar-refractivity contribution is 5.76. The normalized spacial score (nSPS) is 28.8. The van der Waals surface area contributed by atoms with E-state index in [9.17, 15) is 61.0 Å². The van der Waals surface area contributed by atoms with E-state index in [1.165, 1.54) is 205 Å². The molecule has 0 aromatic carbocycles. The first-order valence-electron chi connectivity index (χ1n) is 34.9. The lowest BCUT2D eigenvalue weighted by molar-refractivity contribution is -0.379. The number of carbonyl (C=O) groups is 1. The number of hydrogen-bond donors (Lipinski definition) is 12. The van der Waals surface area contributed by atoms with Crippen LogP contribution in [0.5, 0.6) is 0 Å². The molecule has 19 nitrogen and oxygen atoms in total. The van der Waals surface area contributed by atoms with Crippen molar-refractivity contribution in [1.29, 1.82) is 0 Å². The Morgan fingerprint density at radius 2 is 0.721 bits per heavy atom. The van der Waals surface area contributed by atoms with E-state index in [1.807, 2.05) is 6.08 Å². The summed E-state index contributed by atoms with van der Waals surface area (Å²) >= 11 is 0. The van der Waals surface area contributed by atoms with E-state index in [0.717, 1.165) is 44.9 Å². The van der Waals surface area contributed by atoms with Gasteiger partial charge in [-0.15, -0.1) is 0 Å². The second-order valence-corrected chi connectivity index (χ2v) is 25.4. The second-order valence-electron chi connectivity index (χ2n) is 25.4. The molecule has 0 aliphatic carbocycles. The van der Waals surface area contributed by atoms with Crippen LogP contribution in [0.15, 0.2) is 12.2 Å². The van der Waals surface area contributed by atoms with E-state index in [-0.39, 0.29) is 18.9 Å². The van der Waals surface area contributed by atoms with Crippen LogP contribution in [0.25, 0.3) is 0 Å². The molecule has 0 aromatic rings. The van der Waals surface area contributed by atoms with Crippen LogP contribution in [-0.2, 0) is 33.2 Å². The predicted molar refractivity (Wildman–Crippen MR) is 333 cm³/mol. The zero-order chi connectivity index (χ0) is 62.6. The summed E-state index contributed by atoms with van der Waals surface area (Å²) in [4.78, 5) is 13.4. The van der Waals surface area contributed by atoms with E-state index < -0.39 is 124 Å². The Kier molecular flexibility index (Phi) is 45.9. The monoisotopic (exact) mass is 1230 g/mol. The molecule has 1 amide bonds. The van der Waals surface area contributed by atoms with Crippen LogP contribution < -0.4 is 5.32 Å². The van der Waals surface area contributed by atoms with Gasteiger partial charge in [0, 0.05) is 6.42 Å². The minimum atomic E-state index is -1.97. The number of ether oxygens (including phenoxy) is 6. The first-order valence-corrected chi connectivity index (χ1v) is 34.9.